The third-order valence-electron chi connectivity index (χ3n) is 2.65. The van der Waals surface area contributed by atoms with Gasteiger partial charge in [-0.3, -0.25) is 0 Å². The normalized spacial score (nSPS) is 32.8. The van der Waals surface area contributed by atoms with Crippen LogP contribution in [0.25, 0.3) is 0 Å². The SMILES string of the molecule is CC(C)CC(O)C1(C)CCCS1. The van der Waals surface area contributed by atoms with Gasteiger partial charge < -0.3 is 5.11 Å². The first-order valence-electron chi connectivity index (χ1n) is 4.86. The second-order valence-corrected chi connectivity index (χ2v) is 6.04. The number of hydrogen-bond acceptors (Lipinski definition) is 2. The van der Waals surface area contributed by atoms with Gasteiger partial charge in [-0.1, -0.05) is 13.8 Å². The molecular formula is C10H20OS. The quantitative estimate of drug-likeness (QED) is 0.735. The number of hydrogen-bond donors (Lipinski definition) is 1. The van der Waals surface area contributed by atoms with Crippen LogP contribution in [0.1, 0.15) is 40.0 Å². The molecule has 0 aromatic heterocycles. The van der Waals surface area contributed by atoms with Crippen LogP contribution < -0.4 is 0 Å². The van der Waals surface area contributed by atoms with Gasteiger partial charge in [0.25, 0.3) is 0 Å². The molecule has 1 nitrogen and oxygen atoms in total. The summed E-state index contributed by atoms with van der Waals surface area (Å²) in [4.78, 5) is 0. The zero-order valence-corrected chi connectivity index (χ0v) is 9.16. The van der Waals surface area contributed by atoms with E-state index < -0.39 is 0 Å². The van der Waals surface area contributed by atoms with Crippen LogP contribution in [-0.2, 0) is 0 Å². The van der Waals surface area contributed by atoms with Crippen molar-refractivity contribution in [3.05, 3.63) is 0 Å². The van der Waals surface area contributed by atoms with Crippen molar-refractivity contribution in [2.75, 3.05) is 5.75 Å². The molecule has 0 amide bonds. The summed E-state index contributed by atoms with van der Waals surface area (Å²) in [7, 11) is 0. The van der Waals surface area contributed by atoms with Crippen LogP contribution in [0.2, 0.25) is 0 Å². The van der Waals surface area contributed by atoms with E-state index in [1.54, 1.807) is 0 Å². The maximum absolute atomic E-state index is 9.96. The van der Waals surface area contributed by atoms with E-state index in [1.165, 1.54) is 18.6 Å². The lowest BCUT2D eigenvalue weighted by atomic mass is 9.92. The molecule has 1 rings (SSSR count). The van der Waals surface area contributed by atoms with Crippen LogP contribution in [0, 0.1) is 5.92 Å². The van der Waals surface area contributed by atoms with Gasteiger partial charge in [-0.15, -0.1) is 0 Å². The summed E-state index contributed by atoms with van der Waals surface area (Å²) < 4.78 is 0.157. The lowest BCUT2D eigenvalue weighted by Crippen LogP contribution is -2.34. The fraction of sp³-hybridized carbons (Fsp3) is 1.00. The van der Waals surface area contributed by atoms with E-state index in [2.05, 4.69) is 20.8 Å². The van der Waals surface area contributed by atoms with Crippen molar-refractivity contribution in [2.24, 2.45) is 5.92 Å². The zero-order chi connectivity index (χ0) is 9.19. The molecule has 1 fully saturated rings. The van der Waals surface area contributed by atoms with E-state index in [0.717, 1.165) is 6.42 Å². The van der Waals surface area contributed by atoms with Crippen LogP contribution in [0.15, 0.2) is 0 Å². The predicted molar refractivity (Wildman–Crippen MR) is 55.6 cm³/mol. The summed E-state index contributed by atoms with van der Waals surface area (Å²) in [5.74, 6) is 1.84. The fourth-order valence-corrected chi connectivity index (χ4v) is 3.09. The molecule has 0 aliphatic carbocycles. The Morgan fingerprint density at radius 3 is 2.58 bits per heavy atom. The van der Waals surface area contributed by atoms with Gasteiger partial charge in [-0.2, -0.15) is 11.8 Å². The highest BCUT2D eigenvalue weighted by atomic mass is 32.2. The first-order valence-corrected chi connectivity index (χ1v) is 5.85. The summed E-state index contributed by atoms with van der Waals surface area (Å²) in [5, 5.41) is 9.96. The maximum Gasteiger partial charge on any atom is 0.0686 e. The molecule has 0 bridgehead atoms. The average molecular weight is 188 g/mol. The molecule has 2 atom stereocenters. The van der Waals surface area contributed by atoms with E-state index in [4.69, 9.17) is 0 Å². The highest BCUT2D eigenvalue weighted by Gasteiger charge is 2.36. The first kappa shape index (κ1) is 10.4. The molecule has 2 unspecified atom stereocenters. The summed E-state index contributed by atoms with van der Waals surface area (Å²) in [5.41, 5.74) is 0. The Labute approximate surface area is 79.9 Å². The van der Waals surface area contributed by atoms with Gasteiger partial charge in [0, 0.05) is 4.75 Å². The van der Waals surface area contributed by atoms with E-state index in [0.29, 0.717) is 5.92 Å². The van der Waals surface area contributed by atoms with Gasteiger partial charge in [0.2, 0.25) is 0 Å². The van der Waals surface area contributed by atoms with Gasteiger partial charge in [0.1, 0.15) is 0 Å². The highest BCUT2D eigenvalue weighted by Crippen LogP contribution is 2.41. The summed E-state index contributed by atoms with van der Waals surface area (Å²) in [6.07, 6.45) is 3.30. The maximum atomic E-state index is 9.96. The lowest BCUT2D eigenvalue weighted by Gasteiger charge is -2.30. The van der Waals surface area contributed by atoms with Crippen molar-refractivity contribution in [3.8, 4) is 0 Å². The second kappa shape index (κ2) is 4.01. The zero-order valence-electron chi connectivity index (χ0n) is 8.34. The molecule has 1 heterocycles. The van der Waals surface area contributed by atoms with Crippen molar-refractivity contribution < 1.29 is 5.11 Å². The monoisotopic (exact) mass is 188 g/mol. The summed E-state index contributed by atoms with van der Waals surface area (Å²) in [6, 6.07) is 0. The van der Waals surface area contributed by atoms with Crippen molar-refractivity contribution in [1.29, 1.82) is 0 Å². The molecular weight excluding hydrogens is 168 g/mol. The van der Waals surface area contributed by atoms with Crippen LogP contribution in [-0.4, -0.2) is 21.7 Å². The molecule has 0 saturated carbocycles. The van der Waals surface area contributed by atoms with Gasteiger partial charge in [-0.05, 0) is 37.9 Å². The minimum atomic E-state index is -0.106. The standard InChI is InChI=1S/C10H20OS/c1-8(2)7-9(11)10(3)5-4-6-12-10/h8-9,11H,4-7H2,1-3H3. The van der Waals surface area contributed by atoms with Crippen molar-refractivity contribution >= 4 is 11.8 Å². The summed E-state index contributed by atoms with van der Waals surface area (Å²) >= 11 is 1.94. The van der Waals surface area contributed by atoms with E-state index >= 15 is 0 Å². The van der Waals surface area contributed by atoms with Gasteiger partial charge in [0.05, 0.1) is 6.10 Å². The Balaban J connectivity index is 2.44. The molecule has 0 radical (unpaired) electrons. The molecule has 2 heteroatoms. The Bertz CT molecular complexity index is 139. The Hall–Kier alpha value is 0.310. The van der Waals surface area contributed by atoms with Crippen molar-refractivity contribution in [2.45, 2.75) is 50.9 Å². The average Bonchev–Trinajstić information content (AvgIpc) is 2.36. The molecule has 1 N–H and O–H groups in total. The minimum absolute atomic E-state index is 0.106. The van der Waals surface area contributed by atoms with Crippen LogP contribution in [0.4, 0.5) is 0 Å². The second-order valence-electron chi connectivity index (χ2n) is 4.41. The van der Waals surface area contributed by atoms with Gasteiger partial charge in [-0.25, -0.2) is 0 Å². The minimum Gasteiger partial charge on any atom is -0.392 e. The molecule has 12 heavy (non-hydrogen) atoms. The largest absolute Gasteiger partial charge is 0.392 e. The fourth-order valence-electron chi connectivity index (χ4n) is 1.76. The topological polar surface area (TPSA) is 20.2 Å². The Morgan fingerprint density at radius 2 is 2.17 bits per heavy atom. The van der Waals surface area contributed by atoms with E-state index in [1.807, 2.05) is 11.8 Å². The van der Waals surface area contributed by atoms with E-state index in [-0.39, 0.29) is 10.9 Å². The first-order chi connectivity index (χ1) is 5.54. The number of rotatable bonds is 3. The molecule has 72 valence electrons. The molecule has 1 aliphatic rings. The highest BCUT2D eigenvalue weighted by molar-refractivity contribution is 8.00. The molecule has 0 aromatic carbocycles. The molecule has 1 aliphatic heterocycles. The van der Waals surface area contributed by atoms with Crippen LogP contribution >= 0.6 is 11.8 Å². The molecule has 1 saturated heterocycles. The Morgan fingerprint density at radius 1 is 1.50 bits per heavy atom. The summed E-state index contributed by atoms with van der Waals surface area (Å²) in [6.45, 7) is 6.55. The van der Waals surface area contributed by atoms with Gasteiger partial charge in [0.15, 0.2) is 0 Å². The van der Waals surface area contributed by atoms with Crippen LogP contribution in [0.5, 0.6) is 0 Å². The predicted octanol–water partition coefficient (Wildman–Crippen LogP) is 2.68. The smallest absolute Gasteiger partial charge is 0.0686 e. The number of thioether (sulfide) groups is 1. The third-order valence-corrected chi connectivity index (χ3v) is 4.28. The Kier molecular flexibility index (Phi) is 3.47. The van der Waals surface area contributed by atoms with Gasteiger partial charge >= 0.3 is 0 Å². The lowest BCUT2D eigenvalue weighted by molar-refractivity contribution is 0.110. The van der Waals surface area contributed by atoms with Crippen molar-refractivity contribution in [3.63, 3.8) is 0 Å². The van der Waals surface area contributed by atoms with E-state index in [9.17, 15) is 5.11 Å². The van der Waals surface area contributed by atoms with Crippen molar-refractivity contribution in [1.82, 2.24) is 0 Å². The number of aliphatic hydroxyl groups is 1. The number of aliphatic hydroxyl groups excluding tert-OH is 1. The molecule has 0 spiro atoms. The third kappa shape index (κ3) is 2.40. The van der Waals surface area contributed by atoms with Crippen LogP contribution in [0.3, 0.4) is 0 Å². The molecule has 0 aromatic rings.